The van der Waals surface area contributed by atoms with Crippen molar-refractivity contribution < 1.29 is 19.2 Å². The third-order valence-electron chi connectivity index (χ3n) is 4.03. The predicted octanol–water partition coefficient (Wildman–Crippen LogP) is 1.05. The first kappa shape index (κ1) is 18.6. The van der Waals surface area contributed by atoms with Crippen molar-refractivity contribution >= 4 is 23.6 Å². The number of nitrogens with zero attached hydrogens (tertiary/aromatic N) is 2. The van der Waals surface area contributed by atoms with Crippen LogP contribution in [-0.2, 0) is 9.59 Å². The Morgan fingerprint density at radius 3 is 2.28 bits per heavy atom. The van der Waals surface area contributed by atoms with E-state index in [-0.39, 0.29) is 43.1 Å². The number of hydrogen-bond donors (Lipinski definition) is 1. The zero-order valence-electron chi connectivity index (χ0n) is 14.6. The van der Waals surface area contributed by atoms with Crippen molar-refractivity contribution in [2.75, 3.05) is 26.7 Å². The molecule has 25 heavy (non-hydrogen) atoms. The van der Waals surface area contributed by atoms with Crippen molar-refractivity contribution in [2.45, 2.75) is 26.2 Å². The SMILES string of the molecule is CCCNC(=O)CN(C)C(=O)CCCN1C(=O)c2ccccc2C1=O. The van der Waals surface area contributed by atoms with Crippen LogP contribution >= 0.6 is 0 Å². The molecule has 0 bridgehead atoms. The van der Waals surface area contributed by atoms with Crippen LogP contribution in [0.2, 0.25) is 0 Å². The minimum Gasteiger partial charge on any atom is -0.355 e. The first-order valence-electron chi connectivity index (χ1n) is 8.41. The first-order chi connectivity index (χ1) is 12.0. The van der Waals surface area contributed by atoms with Crippen LogP contribution in [0.15, 0.2) is 24.3 Å². The summed E-state index contributed by atoms with van der Waals surface area (Å²) in [5.41, 5.74) is 0.812. The Morgan fingerprint density at radius 2 is 1.72 bits per heavy atom. The van der Waals surface area contributed by atoms with E-state index in [1.807, 2.05) is 6.92 Å². The van der Waals surface area contributed by atoms with Gasteiger partial charge in [0.25, 0.3) is 11.8 Å². The number of hydrogen-bond acceptors (Lipinski definition) is 4. The van der Waals surface area contributed by atoms with Gasteiger partial charge in [0, 0.05) is 26.6 Å². The highest BCUT2D eigenvalue weighted by Gasteiger charge is 2.34. The first-order valence-corrected chi connectivity index (χ1v) is 8.41. The molecule has 134 valence electrons. The monoisotopic (exact) mass is 345 g/mol. The molecule has 1 aromatic carbocycles. The van der Waals surface area contributed by atoms with Crippen molar-refractivity contribution in [1.29, 1.82) is 0 Å². The summed E-state index contributed by atoms with van der Waals surface area (Å²) in [6.07, 6.45) is 1.37. The molecule has 1 heterocycles. The second-order valence-corrected chi connectivity index (χ2v) is 6.01. The third-order valence-corrected chi connectivity index (χ3v) is 4.03. The van der Waals surface area contributed by atoms with Crippen LogP contribution in [0.3, 0.4) is 0 Å². The zero-order valence-corrected chi connectivity index (χ0v) is 14.6. The van der Waals surface area contributed by atoms with Gasteiger partial charge in [0.1, 0.15) is 0 Å². The molecule has 1 aliphatic rings. The third kappa shape index (κ3) is 4.43. The fraction of sp³-hybridized carbons (Fsp3) is 0.444. The van der Waals surface area contributed by atoms with Crippen LogP contribution in [0, 0.1) is 0 Å². The fourth-order valence-corrected chi connectivity index (χ4v) is 2.65. The normalized spacial score (nSPS) is 13.0. The standard InChI is InChI=1S/C18H23N3O4/c1-3-10-19-15(22)12-20(2)16(23)9-6-11-21-17(24)13-7-4-5-8-14(13)18(21)25/h4-5,7-8H,3,6,9-12H2,1-2H3,(H,19,22). The van der Waals surface area contributed by atoms with Crippen molar-refractivity contribution in [3.63, 3.8) is 0 Å². The molecule has 0 radical (unpaired) electrons. The average Bonchev–Trinajstić information content (AvgIpc) is 2.85. The summed E-state index contributed by atoms with van der Waals surface area (Å²) in [5, 5.41) is 2.71. The van der Waals surface area contributed by atoms with Crippen LogP contribution in [-0.4, -0.2) is 60.1 Å². The number of benzene rings is 1. The van der Waals surface area contributed by atoms with E-state index < -0.39 is 0 Å². The van der Waals surface area contributed by atoms with Crippen LogP contribution in [0.1, 0.15) is 46.9 Å². The van der Waals surface area contributed by atoms with Gasteiger partial charge >= 0.3 is 0 Å². The Kier molecular flexibility index (Phi) is 6.27. The number of fused-ring (bicyclic) bond motifs is 1. The molecular weight excluding hydrogens is 322 g/mol. The van der Waals surface area contributed by atoms with Gasteiger partial charge in [-0.25, -0.2) is 0 Å². The molecule has 2 rings (SSSR count). The Bertz CT molecular complexity index is 652. The maximum absolute atomic E-state index is 12.2. The summed E-state index contributed by atoms with van der Waals surface area (Å²) < 4.78 is 0. The molecule has 0 aliphatic carbocycles. The second-order valence-electron chi connectivity index (χ2n) is 6.01. The topological polar surface area (TPSA) is 86.8 Å². The highest BCUT2D eigenvalue weighted by atomic mass is 16.2. The number of amides is 4. The summed E-state index contributed by atoms with van der Waals surface area (Å²) in [6.45, 7) is 2.73. The van der Waals surface area contributed by atoms with Crippen LogP contribution in [0.25, 0.3) is 0 Å². The molecule has 1 aromatic rings. The van der Waals surface area contributed by atoms with E-state index in [0.29, 0.717) is 24.1 Å². The van der Waals surface area contributed by atoms with Gasteiger partial charge in [-0.15, -0.1) is 0 Å². The molecule has 1 N–H and O–H groups in total. The highest BCUT2D eigenvalue weighted by Crippen LogP contribution is 2.22. The molecule has 0 spiro atoms. The maximum Gasteiger partial charge on any atom is 0.261 e. The lowest BCUT2D eigenvalue weighted by Gasteiger charge is -2.18. The molecule has 0 saturated heterocycles. The van der Waals surface area contributed by atoms with Gasteiger partial charge in [-0.1, -0.05) is 19.1 Å². The molecule has 0 unspecified atom stereocenters. The summed E-state index contributed by atoms with van der Waals surface area (Å²) >= 11 is 0. The molecule has 1 aliphatic heterocycles. The zero-order chi connectivity index (χ0) is 18.4. The molecule has 0 fully saturated rings. The van der Waals surface area contributed by atoms with Gasteiger partial charge in [-0.3, -0.25) is 24.1 Å². The van der Waals surface area contributed by atoms with Crippen molar-refractivity contribution in [1.82, 2.24) is 15.1 Å². The number of imide groups is 1. The minimum absolute atomic E-state index is 0.00580. The maximum atomic E-state index is 12.2. The average molecular weight is 345 g/mol. The van der Waals surface area contributed by atoms with Crippen molar-refractivity contribution in [3.8, 4) is 0 Å². The van der Waals surface area contributed by atoms with Gasteiger partial charge in [0.05, 0.1) is 17.7 Å². The number of likely N-dealkylation sites (N-methyl/N-ethyl adjacent to an activating group) is 1. The summed E-state index contributed by atoms with van der Waals surface area (Å²) in [6, 6.07) is 6.69. The Morgan fingerprint density at radius 1 is 1.12 bits per heavy atom. The Balaban J connectivity index is 1.79. The summed E-state index contributed by atoms with van der Waals surface area (Å²) in [7, 11) is 1.57. The molecule has 0 saturated carbocycles. The molecule has 7 nitrogen and oxygen atoms in total. The largest absolute Gasteiger partial charge is 0.355 e. The minimum atomic E-state index is -0.319. The van der Waals surface area contributed by atoms with Crippen LogP contribution < -0.4 is 5.32 Å². The number of nitrogens with one attached hydrogen (secondary N) is 1. The van der Waals surface area contributed by atoms with Crippen LogP contribution in [0.5, 0.6) is 0 Å². The number of carbonyl (C=O) groups excluding carboxylic acids is 4. The molecular formula is C18H23N3O4. The molecule has 7 heteroatoms. The highest BCUT2D eigenvalue weighted by molar-refractivity contribution is 6.21. The van der Waals surface area contributed by atoms with E-state index in [9.17, 15) is 19.2 Å². The molecule has 0 atom stereocenters. The van der Waals surface area contributed by atoms with E-state index in [1.165, 1.54) is 9.80 Å². The van der Waals surface area contributed by atoms with E-state index in [0.717, 1.165) is 6.42 Å². The number of rotatable bonds is 8. The smallest absolute Gasteiger partial charge is 0.261 e. The second kappa shape index (κ2) is 8.41. The van der Waals surface area contributed by atoms with Gasteiger partial charge < -0.3 is 10.2 Å². The fourth-order valence-electron chi connectivity index (χ4n) is 2.65. The van der Waals surface area contributed by atoms with Gasteiger partial charge in [0.15, 0.2) is 0 Å². The van der Waals surface area contributed by atoms with Crippen LogP contribution in [0.4, 0.5) is 0 Å². The van der Waals surface area contributed by atoms with Gasteiger partial charge in [-0.2, -0.15) is 0 Å². The molecule has 4 amide bonds. The lowest BCUT2D eigenvalue weighted by Crippen LogP contribution is -2.39. The Labute approximate surface area is 147 Å². The Hall–Kier alpha value is -2.70. The number of carbonyl (C=O) groups is 4. The lowest BCUT2D eigenvalue weighted by atomic mass is 10.1. The van der Waals surface area contributed by atoms with E-state index in [2.05, 4.69) is 5.32 Å². The summed E-state index contributed by atoms with van der Waals surface area (Å²) in [4.78, 5) is 50.6. The quantitative estimate of drug-likeness (QED) is 0.714. The van der Waals surface area contributed by atoms with Crippen molar-refractivity contribution in [2.24, 2.45) is 0 Å². The lowest BCUT2D eigenvalue weighted by molar-refractivity contribution is -0.134. The van der Waals surface area contributed by atoms with Crippen molar-refractivity contribution in [3.05, 3.63) is 35.4 Å². The predicted molar refractivity (Wildman–Crippen MR) is 92.0 cm³/mol. The van der Waals surface area contributed by atoms with E-state index in [1.54, 1.807) is 31.3 Å². The van der Waals surface area contributed by atoms with E-state index >= 15 is 0 Å². The van der Waals surface area contributed by atoms with Gasteiger partial charge in [0.2, 0.25) is 11.8 Å². The van der Waals surface area contributed by atoms with Gasteiger partial charge in [-0.05, 0) is 25.0 Å². The summed E-state index contributed by atoms with van der Waals surface area (Å²) in [5.74, 6) is -1.03. The van der Waals surface area contributed by atoms with E-state index in [4.69, 9.17) is 0 Å². The molecule has 0 aromatic heterocycles.